The predicted molar refractivity (Wildman–Crippen MR) is 85.3 cm³/mol. The molecule has 1 heterocycles. The van der Waals surface area contributed by atoms with Crippen molar-refractivity contribution in [1.82, 2.24) is 8.61 Å². The van der Waals surface area contributed by atoms with Crippen LogP contribution in [0.15, 0.2) is 29.2 Å². The molecule has 1 saturated carbocycles. The van der Waals surface area contributed by atoms with Gasteiger partial charge >= 0.3 is 0 Å². The van der Waals surface area contributed by atoms with Crippen LogP contribution in [0, 0.1) is 0 Å². The summed E-state index contributed by atoms with van der Waals surface area (Å²) in [7, 11) is -5.40. The Morgan fingerprint density at radius 1 is 1.00 bits per heavy atom. The summed E-state index contributed by atoms with van der Waals surface area (Å²) in [5, 5.41) is -0.260. The fraction of sp³-hybridized carbons (Fsp3) is 0.571. The second-order valence-corrected chi connectivity index (χ2v) is 9.88. The number of hydrogen-bond donors (Lipinski definition) is 0. The van der Waals surface area contributed by atoms with E-state index in [-0.39, 0.29) is 36.3 Å². The fourth-order valence-electron chi connectivity index (χ4n) is 2.65. The predicted octanol–water partition coefficient (Wildman–Crippen LogP) is 0.494. The Balaban J connectivity index is 1.73. The standard InChI is InChI=1S/C14H20N2O5S2/c1-21-12-3-2-4-14(11-12)23(19,20)16-9-7-15(8-10-16)22(17,18)13-5-6-13/h2-4,11,13H,5-10H2,1H3. The van der Waals surface area contributed by atoms with Crippen LogP contribution in [0.4, 0.5) is 0 Å². The lowest BCUT2D eigenvalue weighted by atomic mass is 10.3. The molecule has 0 spiro atoms. The van der Waals surface area contributed by atoms with Gasteiger partial charge in [0, 0.05) is 32.2 Å². The van der Waals surface area contributed by atoms with Gasteiger partial charge in [-0.2, -0.15) is 8.61 Å². The first-order valence-electron chi connectivity index (χ1n) is 7.49. The van der Waals surface area contributed by atoms with E-state index in [0.29, 0.717) is 18.6 Å². The first kappa shape index (κ1) is 16.7. The van der Waals surface area contributed by atoms with Gasteiger partial charge in [0.05, 0.1) is 17.3 Å². The molecule has 0 unspecified atom stereocenters. The number of sulfonamides is 2. The quantitative estimate of drug-likeness (QED) is 0.763. The van der Waals surface area contributed by atoms with Gasteiger partial charge in [0.15, 0.2) is 0 Å². The van der Waals surface area contributed by atoms with Gasteiger partial charge in [-0.05, 0) is 25.0 Å². The third kappa shape index (κ3) is 3.23. The Bertz CT molecular complexity index is 779. The lowest BCUT2D eigenvalue weighted by molar-refractivity contribution is 0.272. The molecule has 128 valence electrons. The van der Waals surface area contributed by atoms with Crippen LogP contribution in [0.25, 0.3) is 0 Å². The molecule has 2 fully saturated rings. The Morgan fingerprint density at radius 3 is 2.17 bits per heavy atom. The highest BCUT2D eigenvalue weighted by Crippen LogP contribution is 2.32. The molecular formula is C14H20N2O5S2. The van der Waals surface area contributed by atoms with Gasteiger partial charge in [0.2, 0.25) is 20.0 Å². The molecule has 9 heteroatoms. The maximum Gasteiger partial charge on any atom is 0.243 e. The zero-order valence-corrected chi connectivity index (χ0v) is 14.5. The van der Waals surface area contributed by atoms with E-state index < -0.39 is 20.0 Å². The molecule has 0 atom stereocenters. The first-order chi connectivity index (χ1) is 10.9. The van der Waals surface area contributed by atoms with E-state index in [9.17, 15) is 16.8 Å². The second kappa shape index (κ2) is 6.04. The van der Waals surface area contributed by atoms with Crippen molar-refractivity contribution < 1.29 is 21.6 Å². The van der Waals surface area contributed by atoms with E-state index in [1.54, 1.807) is 12.1 Å². The molecule has 3 rings (SSSR count). The summed E-state index contributed by atoms with van der Waals surface area (Å²) in [4.78, 5) is 0.162. The maximum absolute atomic E-state index is 12.7. The molecule has 0 bridgehead atoms. The highest BCUT2D eigenvalue weighted by Gasteiger charge is 2.42. The number of ether oxygens (including phenoxy) is 1. The summed E-state index contributed by atoms with van der Waals surface area (Å²) in [6.45, 7) is 0.765. The average molecular weight is 360 g/mol. The number of rotatable bonds is 5. The summed E-state index contributed by atoms with van der Waals surface area (Å²) in [5.41, 5.74) is 0. The minimum atomic E-state index is -3.64. The Morgan fingerprint density at radius 2 is 1.61 bits per heavy atom. The van der Waals surface area contributed by atoms with E-state index >= 15 is 0 Å². The lowest BCUT2D eigenvalue weighted by Gasteiger charge is -2.33. The smallest absolute Gasteiger partial charge is 0.243 e. The fourth-order valence-corrected chi connectivity index (χ4v) is 5.94. The van der Waals surface area contributed by atoms with Crippen molar-refractivity contribution in [2.45, 2.75) is 23.0 Å². The van der Waals surface area contributed by atoms with E-state index in [1.807, 2.05) is 0 Å². The van der Waals surface area contributed by atoms with Gasteiger partial charge in [-0.25, -0.2) is 16.8 Å². The molecular weight excluding hydrogens is 340 g/mol. The van der Waals surface area contributed by atoms with Gasteiger partial charge < -0.3 is 4.74 Å². The van der Waals surface area contributed by atoms with Crippen LogP contribution in [-0.4, -0.2) is 64.0 Å². The zero-order valence-electron chi connectivity index (χ0n) is 12.9. The van der Waals surface area contributed by atoms with Crippen LogP contribution in [0.1, 0.15) is 12.8 Å². The SMILES string of the molecule is COc1cccc(S(=O)(=O)N2CCN(S(=O)(=O)C3CC3)CC2)c1. The highest BCUT2D eigenvalue weighted by molar-refractivity contribution is 7.90. The average Bonchev–Trinajstić information content (AvgIpc) is 3.40. The van der Waals surface area contributed by atoms with Gasteiger partial charge in [0.25, 0.3) is 0 Å². The molecule has 0 radical (unpaired) electrons. The van der Waals surface area contributed by atoms with Crippen LogP contribution < -0.4 is 4.74 Å². The first-order valence-corrected chi connectivity index (χ1v) is 10.4. The number of methoxy groups -OCH3 is 1. The molecule has 2 aliphatic rings. The Kier molecular flexibility index (Phi) is 4.39. The number of nitrogens with zero attached hydrogens (tertiary/aromatic N) is 2. The number of benzene rings is 1. The summed E-state index contributed by atoms with van der Waals surface area (Å²) < 4.78 is 57.5. The van der Waals surface area contributed by atoms with Crippen LogP contribution in [0.5, 0.6) is 5.75 Å². The van der Waals surface area contributed by atoms with Crippen LogP contribution >= 0.6 is 0 Å². The van der Waals surface area contributed by atoms with Crippen molar-refractivity contribution in [2.24, 2.45) is 0 Å². The van der Waals surface area contributed by atoms with E-state index in [4.69, 9.17) is 4.74 Å². The molecule has 1 saturated heterocycles. The molecule has 1 aromatic carbocycles. The molecule has 7 nitrogen and oxygen atoms in total. The van der Waals surface area contributed by atoms with E-state index in [2.05, 4.69) is 0 Å². The normalized spacial score (nSPS) is 21.3. The molecule has 1 aliphatic carbocycles. The third-order valence-corrected chi connectivity index (χ3v) is 8.48. The van der Waals surface area contributed by atoms with E-state index in [0.717, 1.165) is 0 Å². The van der Waals surface area contributed by atoms with Crippen LogP contribution in [-0.2, 0) is 20.0 Å². The largest absolute Gasteiger partial charge is 0.497 e. The maximum atomic E-state index is 12.7. The van der Waals surface area contributed by atoms with Crippen LogP contribution in [0.3, 0.4) is 0 Å². The zero-order chi connectivity index (χ0) is 16.7. The molecule has 1 aliphatic heterocycles. The number of hydrogen-bond acceptors (Lipinski definition) is 5. The summed E-state index contributed by atoms with van der Waals surface area (Å²) in [5.74, 6) is 0.473. The van der Waals surface area contributed by atoms with Crippen LogP contribution in [0.2, 0.25) is 0 Å². The molecule has 23 heavy (non-hydrogen) atoms. The van der Waals surface area contributed by atoms with Crippen molar-refractivity contribution >= 4 is 20.0 Å². The second-order valence-electron chi connectivity index (χ2n) is 5.73. The van der Waals surface area contributed by atoms with Crippen molar-refractivity contribution in [3.8, 4) is 5.75 Å². The van der Waals surface area contributed by atoms with Crippen molar-refractivity contribution in [3.63, 3.8) is 0 Å². The Hall–Kier alpha value is -1.16. The molecule has 0 amide bonds. The summed E-state index contributed by atoms with van der Waals surface area (Å²) in [6, 6.07) is 6.30. The highest BCUT2D eigenvalue weighted by atomic mass is 32.2. The van der Waals surface area contributed by atoms with Crippen molar-refractivity contribution in [3.05, 3.63) is 24.3 Å². The Labute approximate surface area is 136 Å². The molecule has 0 N–H and O–H groups in total. The van der Waals surface area contributed by atoms with Gasteiger partial charge in [-0.1, -0.05) is 6.07 Å². The summed E-state index contributed by atoms with van der Waals surface area (Å²) >= 11 is 0. The minimum Gasteiger partial charge on any atom is -0.497 e. The van der Waals surface area contributed by atoms with Crippen molar-refractivity contribution in [1.29, 1.82) is 0 Å². The topological polar surface area (TPSA) is 84.0 Å². The third-order valence-electron chi connectivity index (χ3n) is 4.18. The van der Waals surface area contributed by atoms with Crippen molar-refractivity contribution in [2.75, 3.05) is 33.3 Å². The van der Waals surface area contributed by atoms with Gasteiger partial charge in [-0.15, -0.1) is 0 Å². The molecule has 0 aromatic heterocycles. The molecule has 1 aromatic rings. The van der Waals surface area contributed by atoms with Gasteiger partial charge in [0.1, 0.15) is 5.75 Å². The monoisotopic (exact) mass is 360 g/mol. The van der Waals surface area contributed by atoms with E-state index in [1.165, 1.54) is 27.9 Å². The minimum absolute atomic E-state index is 0.162. The summed E-state index contributed by atoms with van der Waals surface area (Å²) in [6.07, 6.45) is 1.43. The van der Waals surface area contributed by atoms with Gasteiger partial charge in [-0.3, -0.25) is 0 Å². The number of piperazine rings is 1. The lowest BCUT2D eigenvalue weighted by Crippen LogP contribution is -2.51.